The number of aryl methyl sites for hydroxylation is 1. The summed E-state index contributed by atoms with van der Waals surface area (Å²) in [7, 11) is -1.67. The third-order valence-corrected chi connectivity index (χ3v) is 3.06. The van der Waals surface area contributed by atoms with Crippen LogP contribution in [0.3, 0.4) is 0 Å². The first kappa shape index (κ1) is 13.4. The Kier molecular flexibility index (Phi) is 4.84. The van der Waals surface area contributed by atoms with Crippen molar-refractivity contribution in [3.05, 3.63) is 29.8 Å². The molecule has 5 nitrogen and oxygen atoms in total. The molecule has 0 fully saturated rings. The average Bonchev–Trinajstić information content (AvgIpc) is 2.19. The summed E-state index contributed by atoms with van der Waals surface area (Å²) in [5.41, 5.74) is 1.67. The van der Waals surface area contributed by atoms with Crippen LogP contribution in [-0.4, -0.2) is 32.7 Å². The number of benzene rings is 1. The van der Waals surface area contributed by atoms with Gasteiger partial charge in [-0.3, -0.25) is 13.8 Å². The summed E-state index contributed by atoms with van der Waals surface area (Å²) in [4.78, 5) is 21.7. The number of carboxylic acid groups (broad SMARTS) is 1. The van der Waals surface area contributed by atoms with Crippen LogP contribution < -0.4 is 5.32 Å². The largest absolute Gasteiger partial charge is 0.481 e. The molecule has 1 atom stereocenters. The first-order chi connectivity index (χ1) is 7.97. The fraction of sp³-hybridized carbons (Fsp3) is 0.273. The Labute approximate surface area is 101 Å². The van der Waals surface area contributed by atoms with Crippen molar-refractivity contribution in [3.63, 3.8) is 0 Å². The van der Waals surface area contributed by atoms with Crippen LogP contribution in [0.5, 0.6) is 0 Å². The first-order valence-electron chi connectivity index (χ1n) is 4.90. The molecule has 1 amide bonds. The minimum Gasteiger partial charge on any atom is -0.481 e. The highest BCUT2D eigenvalue weighted by Gasteiger charge is 2.11. The summed E-state index contributed by atoms with van der Waals surface area (Å²) in [5, 5.41) is 10.9. The van der Waals surface area contributed by atoms with E-state index in [0.29, 0.717) is 5.69 Å². The molecule has 1 rings (SSSR count). The van der Waals surface area contributed by atoms with Gasteiger partial charge >= 0.3 is 5.97 Å². The molecule has 0 aliphatic rings. The fourth-order valence-corrected chi connectivity index (χ4v) is 1.91. The summed E-state index contributed by atoms with van der Waals surface area (Å²) in [6.07, 6.45) is 0. The van der Waals surface area contributed by atoms with E-state index in [9.17, 15) is 13.8 Å². The highest BCUT2D eigenvalue weighted by Crippen LogP contribution is 2.08. The Morgan fingerprint density at radius 3 is 2.35 bits per heavy atom. The number of hydrogen-bond acceptors (Lipinski definition) is 3. The number of anilines is 1. The van der Waals surface area contributed by atoms with Crippen molar-refractivity contribution in [3.8, 4) is 0 Å². The van der Waals surface area contributed by atoms with Gasteiger partial charge in [-0.05, 0) is 19.1 Å². The maximum atomic E-state index is 11.4. The summed E-state index contributed by atoms with van der Waals surface area (Å²) in [6.45, 7) is 1.92. The second-order valence-corrected chi connectivity index (χ2v) is 4.99. The molecule has 0 unspecified atom stereocenters. The Morgan fingerprint density at radius 2 is 1.82 bits per heavy atom. The van der Waals surface area contributed by atoms with Gasteiger partial charge in [0.1, 0.15) is 11.5 Å². The summed E-state index contributed by atoms with van der Waals surface area (Å²) in [5.74, 6) is -2.44. The zero-order chi connectivity index (χ0) is 12.8. The number of aliphatic carboxylic acids is 1. The molecule has 0 radical (unpaired) electrons. The summed E-state index contributed by atoms with van der Waals surface area (Å²) >= 11 is 0. The van der Waals surface area contributed by atoms with Crippen molar-refractivity contribution in [1.29, 1.82) is 0 Å². The Balaban J connectivity index is 2.47. The molecule has 92 valence electrons. The van der Waals surface area contributed by atoms with Gasteiger partial charge in [-0.2, -0.15) is 0 Å². The lowest BCUT2D eigenvalue weighted by Gasteiger charge is -2.04. The molecule has 6 heteroatoms. The maximum absolute atomic E-state index is 11.4. The van der Waals surface area contributed by atoms with Crippen LogP contribution in [0.2, 0.25) is 0 Å². The molecule has 0 spiro atoms. The Hall–Kier alpha value is -1.69. The summed E-state index contributed by atoms with van der Waals surface area (Å²) in [6, 6.07) is 7.13. The lowest BCUT2D eigenvalue weighted by atomic mass is 10.2. The molecule has 0 aliphatic heterocycles. The highest BCUT2D eigenvalue weighted by molar-refractivity contribution is 7.86. The van der Waals surface area contributed by atoms with Gasteiger partial charge in [0.05, 0.1) is 0 Å². The van der Waals surface area contributed by atoms with Crippen molar-refractivity contribution >= 4 is 28.4 Å². The molecule has 0 bridgehead atoms. The zero-order valence-electron chi connectivity index (χ0n) is 9.30. The van der Waals surface area contributed by atoms with E-state index in [1.807, 2.05) is 19.1 Å². The molecule has 0 heterocycles. The fourth-order valence-electron chi connectivity index (χ4n) is 1.17. The van der Waals surface area contributed by atoms with Crippen molar-refractivity contribution in [2.24, 2.45) is 0 Å². The van der Waals surface area contributed by atoms with E-state index in [0.717, 1.165) is 5.56 Å². The van der Waals surface area contributed by atoms with E-state index in [1.54, 1.807) is 12.1 Å². The lowest BCUT2D eigenvalue weighted by molar-refractivity contribution is -0.133. The third-order valence-electron chi connectivity index (χ3n) is 1.91. The first-order valence-corrected chi connectivity index (χ1v) is 6.39. The molecule has 2 N–H and O–H groups in total. The van der Waals surface area contributed by atoms with Crippen molar-refractivity contribution in [1.82, 2.24) is 0 Å². The Bertz CT molecular complexity index is 441. The highest BCUT2D eigenvalue weighted by atomic mass is 32.2. The predicted octanol–water partition coefficient (Wildman–Crippen LogP) is 0.767. The van der Waals surface area contributed by atoms with Crippen LogP contribution in [0.15, 0.2) is 24.3 Å². The topological polar surface area (TPSA) is 83.5 Å². The van der Waals surface area contributed by atoms with E-state index in [4.69, 9.17) is 5.11 Å². The lowest BCUT2D eigenvalue weighted by Crippen LogP contribution is -2.23. The van der Waals surface area contributed by atoms with Crippen LogP contribution in [0, 0.1) is 6.92 Å². The van der Waals surface area contributed by atoms with Gasteiger partial charge in [-0.15, -0.1) is 0 Å². The molecule has 0 saturated heterocycles. The minimum absolute atomic E-state index is 0.305. The van der Waals surface area contributed by atoms with Gasteiger partial charge < -0.3 is 10.4 Å². The van der Waals surface area contributed by atoms with Gasteiger partial charge in [0.15, 0.2) is 0 Å². The number of rotatable bonds is 5. The van der Waals surface area contributed by atoms with Crippen LogP contribution in [-0.2, 0) is 20.4 Å². The van der Waals surface area contributed by atoms with E-state index in [1.165, 1.54) is 0 Å². The van der Waals surface area contributed by atoms with Crippen molar-refractivity contribution < 1.29 is 18.9 Å². The maximum Gasteiger partial charge on any atom is 0.316 e. The number of nitrogens with one attached hydrogen (secondary N) is 1. The smallest absolute Gasteiger partial charge is 0.316 e. The molecule has 1 aromatic rings. The van der Waals surface area contributed by atoms with E-state index < -0.39 is 28.4 Å². The molecule has 17 heavy (non-hydrogen) atoms. The van der Waals surface area contributed by atoms with Crippen LogP contribution >= 0.6 is 0 Å². The molecule has 0 saturated carbocycles. The molecule has 0 aliphatic carbocycles. The third kappa shape index (κ3) is 5.26. The number of amides is 1. The zero-order valence-corrected chi connectivity index (χ0v) is 10.1. The SMILES string of the molecule is Cc1ccc(NC(=O)C[S@](=O)CC(=O)O)cc1. The average molecular weight is 255 g/mol. The van der Waals surface area contributed by atoms with Gasteiger partial charge in [-0.25, -0.2) is 0 Å². The standard InChI is InChI=1S/C11H13NO4S/c1-8-2-4-9(5-3-8)12-10(13)6-17(16)7-11(14)15/h2-5H,6-7H2,1H3,(H,12,13)(H,14,15)/t17-/m0/s1. The number of carboxylic acids is 1. The number of carbonyl (C=O) groups is 2. The molecule has 0 aromatic heterocycles. The second-order valence-electron chi connectivity index (χ2n) is 3.54. The summed E-state index contributed by atoms with van der Waals surface area (Å²) < 4.78 is 11.2. The van der Waals surface area contributed by atoms with E-state index >= 15 is 0 Å². The normalized spacial score (nSPS) is 11.8. The molecule has 1 aromatic carbocycles. The minimum atomic E-state index is -1.67. The van der Waals surface area contributed by atoms with Crippen LogP contribution in [0.4, 0.5) is 5.69 Å². The van der Waals surface area contributed by atoms with Gasteiger partial charge in [0.2, 0.25) is 5.91 Å². The van der Waals surface area contributed by atoms with Gasteiger partial charge in [-0.1, -0.05) is 17.7 Å². The Morgan fingerprint density at radius 1 is 1.24 bits per heavy atom. The van der Waals surface area contributed by atoms with Gasteiger partial charge in [0.25, 0.3) is 0 Å². The predicted molar refractivity (Wildman–Crippen MR) is 65.3 cm³/mol. The van der Waals surface area contributed by atoms with Crippen molar-refractivity contribution in [2.75, 3.05) is 16.8 Å². The van der Waals surface area contributed by atoms with E-state index in [-0.39, 0.29) is 5.75 Å². The quantitative estimate of drug-likeness (QED) is 0.814. The monoisotopic (exact) mass is 255 g/mol. The van der Waals surface area contributed by atoms with Crippen LogP contribution in [0.1, 0.15) is 5.56 Å². The van der Waals surface area contributed by atoms with E-state index in [2.05, 4.69) is 5.32 Å². The number of hydrogen-bond donors (Lipinski definition) is 2. The second kappa shape index (κ2) is 6.15. The molecular formula is C11H13NO4S. The van der Waals surface area contributed by atoms with Crippen LogP contribution in [0.25, 0.3) is 0 Å². The number of carbonyl (C=O) groups excluding carboxylic acids is 1. The van der Waals surface area contributed by atoms with Crippen molar-refractivity contribution in [2.45, 2.75) is 6.92 Å². The van der Waals surface area contributed by atoms with Gasteiger partial charge in [0, 0.05) is 16.5 Å². The molecular weight excluding hydrogens is 242 g/mol.